The van der Waals surface area contributed by atoms with Gasteiger partial charge in [0.05, 0.1) is 32.5 Å². The molecule has 1 aliphatic heterocycles. The predicted molar refractivity (Wildman–Crippen MR) is 153 cm³/mol. The molecule has 36 heavy (non-hydrogen) atoms. The summed E-state index contributed by atoms with van der Waals surface area (Å²) in [5.74, 6) is 5.76. The molecule has 1 aliphatic carbocycles. The van der Waals surface area contributed by atoms with Gasteiger partial charge in [-0.25, -0.2) is 0 Å². The minimum absolute atomic E-state index is 0.0540. The van der Waals surface area contributed by atoms with Crippen LogP contribution in [0, 0.1) is 0 Å². The number of methoxy groups -OCH3 is 4. The fourth-order valence-corrected chi connectivity index (χ4v) is 8.94. The van der Waals surface area contributed by atoms with Gasteiger partial charge < -0.3 is 23.8 Å². The summed E-state index contributed by atoms with van der Waals surface area (Å²) in [5.41, 5.74) is 2.90. The van der Waals surface area contributed by atoms with Crippen LogP contribution >= 0.6 is 23.5 Å². The summed E-state index contributed by atoms with van der Waals surface area (Å²) in [5, 5.41) is 0. The van der Waals surface area contributed by atoms with Crippen molar-refractivity contribution in [2.24, 2.45) is 0 Å². The van der Waals surface area contributed by atoms with E-state index < -0.39 is 0 Å². The average Bonchev–Trinajstić information content (AvgIpc) is 2.90. The van der Waals surface area contributed by atoms with Crippen molar-refractivity contribution in [3.8, 4) is 23.0 Å². The lowest BCUT2D eigenvalue weighted by atomic mass is 9.64. The maximum Gasteiger partial charge on any atom is 0.161 e. The highest BCUT2D eigenvalue weighted by molar-refractivity contribution is 8.18. The van der Waals surface area contributed by atoms with Gasteiger partial charge in [0, 0.05) is 18.0 Å². The van der Waals surface area contributed by atoms with Crippen LogP contribution in [0.2, 0.25) is 0 Å². The fraction of sp³-hybridized carbons (Fsp3) is 0.586. The molecule has 0 aromatic heterocycles. The van der Waals surface area contributed by atoms with Gasteiger partial charge in [0.15, 0.2) is 11.5 Å². The number of ether oxygens (including phenoxy) is 4. The van der Waals surface area contributed by atoms with Crippen molar-refractivity contribution in [1.82, 2.24) is 4.90 Å². The van der Waals surface area contributed by atoms with Gasteiger partial charge in [-0.3, -0.25) is 0 Å². The number of nitrogens with zero attached hydrogens (tertiary/aromatic N) is 1. The van der Waals surface area contributed by atoms with Gasteiger partial charge in [0.1, 0.15) is 11.5 Å². The summed E-state index contributed by atoms with van der Waals surface area (Å²) in [6.45, 7) is 2.15. The Kier molecular flexibility index (Phi) is 9.29. The molecule has 2 aromatic carbocycles. The summed E-state index contributed by atoms with van der Waals surface area (Å²) in [7, 11) is 9.16. The molecule has 4 rings (SSSR count). The highest BCUT2D eigenvalue weighted by atomic mass is 32.2. The van der Waals surface area contributed by atoms with Gasteiger partial charge in [-0.1, -0.05) is 12.5 Å². The van der Waals surface area contributed by atoms with E-state index in [1.54, 1.807) is 28.4 Å². The molecule has 2 fully saturated rings. The molecule has 198 valence electrons. The van der Waals surface area contributed by atoms with Crippen molar-refractivity contribution in [3.05, 3.63) is 47.5 Å². The molecule has 1 saturated heterocycles. The lowest BCUT2D eigenvalue weighted by Gasteiger charge is -2.45. The Morgan fingerprint density at radius 3 is 2.00 bits per heavy atom. The molecule has 7 heteroatoms. The first-order chi connectivity index (χ1) is 17.5. The minimum atomic E-state index is 0.0540. The van der Waals surface area contributed by atoms with Crippen LogP contribution in [0.1, 0.15) is 49.7 Å². The quantitative estimate of drug-likeness (QED) is 0.306. The van der Waals surface area contributed by atoms with E-state index in [2.05, 4.69) is 65.8 Å². The van der Waals surface area contributed by atoms with Crippen LogP contribution in [0.25, 0.3) is 0 Å². The summed E-state index contributed by atoms with van der Waals surface area (Å²) >= 11 is 4.19. The zero-order valence-corrected chi connectivity index (χ0v) is 24.1. The molecule has 0 N–H and O–H groups in total. The van der Waals surface area contributed by atoms with Crippen molar-refractivity contribution in [1.29, 1.82) is 0 Å². The zero-order chi connectivity index (χ0) is 25.6. The molecule has 1 heterocycles. The molecule has 0 bridgehead atoms. The van der Waals surface area contributed by atoms with Crippen LogP contribution in [-0.4, -0.2) is 65.0 Å². The fourth-order valence-electron chi connectivity index (χ4n) is 5.54. The third-order valence-corrected chi connectivity index (χ3v) is 11.2. The third kappa shape index (κ3) is 5.89. The Balaban J connectivity index is 1.44. The first kappa shape index (κ1) is 27.3. The second-order valence-corrected chi connectivity index (χ2v) is 13.0. The molecule has 0 spiro atoms. The van der Waals surface area contributed by atoms with E-state index in [0.29, 0.717) is 0 Å². The summed E-state index contributed by atoms with van der Waals surface area (Å²) < 4.78 is 22.3. The van der Waals surface area contributed by atoms with Crippen molar-refractivity contribution in [2.75, 3.05) is 60.1 Å². The Bertz CT molecular complexity index is 983. The number of benzene rings is 2. The number of likely N-dealkylation sites (N-methyl/N-ethyl adjacent to an activating group) is 1. The normalized spacial score (nSPS) is 18.4. The van der Waals surface area contributed by atoms with Crippen LogP contribution in [0.15, 0.2) is 36.4 Å². The number of thioether (sulfide) groups is 2. The van der Waals surface area contributed by atoms with Crippen LogP contribution < -0.4 is 18.9 Å². The van der Waals surface area contributed by atoms with Gasteiger partial charge in [0.2, 0.25) is 0 Å². The van der Waals surface area contributed by atoms with E-state index in [9.17, 15) is 0 Å². The second-order valence-electron chi connectivity index (χ2n) is 9.95. The molecule has 2 aromatic rings. The van der Waals surface area contributed by atoms with E-state index in [1.807, 2.05) is 6.07 Å². The molecule has 0 atom stereocenters. The van der Waals surface area contributed by atoms with E-state index in [0.717, 1.165) is 48.9 Å². The number of hydrogen-bond acceptors (Lipinski definition) is 7. The van der Waals surface area contributed by atoms with Gasteiger partial charge >= 0.3 is 0 Å². The zero-order valence-electron chi connectivity index (χ0n) is 22.4. The van der Waals surface area contributed by atoms with Crippen LogP contribution in [0.3, 0.4) is 0 Å². The van der Waals surface area contributed by atoms with Crippen molar-refractivity contribution in [3.63, 3.8) is 0 Å². The molecule has 0 amide bonds. The topological polar surface area (TPSA) is 40.2 Å². The van der Waals surface area contributed by atoms with E-state index in [1.165, 1.54) is 48.3 Å². The molecule has 5 nitrogen and oxygen atoms in total. The summed E-state index contributed by atoms with van der Waals surface area (Å²) in [4.78, 5) is 2.54. The van der Waals surface area contributed by atoms with Crippen LogP contribution in [0.5, 0.6) is 23.0 Å². The smallest absolute Gasteiger partial charge is 0.161 e. The van der Waals surface area contributed by atoms with Gasteiger partial charge in [-0.2, -0.15) is 0 Å². The lowest BCUT2D eigenvalue weighted by molar-refractivity contribution is 0.157. The summed E-state index contributed by atoms with van der Waals surface area (Å²) in [6.07, 6.45) is 7.30. The minimum Gasteiger partial charge on any atom is -0.497 e. The Hall–Kier alpha value is -1.70. The first-order valence-electron chi connectivity index (χ1n) is 12.9. The van der Waals surface area contributed by atoms with Gasteiger partial charge in [-0.05, 0) is 92.6 Å². The largest absolute Gasteiger partial charge is 0.497 e. The van der Waals surface area contributed by atoms with Gasteiger partial charge in [0.25, 0.3) is 0 Å². The number of rotatable bonds is 12. The monoisotopic (exact) mass is 531 g/mol. The summed E-state index contributed by atoms with van der Waals surface area (Å²) in [6, 6.07) is 12.9. The van der Waals surface area contributed by atoms with Gasteiger partial charge in [-0.15, -0.1) is 23.5 Å². The number of hydrogen-bond donors (Lipinski definition) is 0. The molecular formula is C29H41NO4S2. The first-order valence-corrected chi connectivity index (χ1v) is 14.9. The Morgan fingerprint density at radius 1 is 0.778 bits per heavy atom. The van der Waals surface area contributed by atoms with E-state index >= 15 is 0 Å². The maximum absolute atomic E-state index is 5.60. The van der Waals surface area contributed by atoms with E-state index in [-0.39, 0.29) is 9.49 Å². The highest BCUT2D eigenvalue weighted by Crippen LogP contribution is 2.54. The molecular weight excluding hydrogens is 490 g/mol. The third-order valence-electron chi connectivity index (χ3n) is 7.68. The second kappa shape index (κ2) is 12.2. The van der Waals surface area contributed by atoms with E-state index in [4.69, 9.17) is 18.9 Å². The van der Waals surface area contributed by atoms with Crippen molar-refractivity contribution in [2.45, 2.75) is 48.0 Å². The highest BCUT2D eigenvalue weighted by Gasteiger charge is 2.40. The average molecular weight is 532 g/mol. The van der Waals surface area contributed by atoms with Crippen LogP contribution in [0.4, 0.5) is 0 Å². The van der Waals surface area contributed by atoms with Crippen molar-refractivity contribution < 1.29 is 18.9 Å². The Labute approximate surface area is 225 Å². The van der Waals surface area contributed by atoms with Crippen LogP contribution in [-0.2, 0) is 9.49 Å². The SMILES string of the molecule is COc1cc(OC)cc(C2(CCCN(C)CC3(c4ccc(OC)c(OC)c4)CCC3)SCCCS2)c1. The Morgan fingerprint density at radius 2 is 1.44 bits per heavy atom. The molecule has 0 radical (unpaired) electrons. The lowest BCUT2D eigenvalue weighted by Crippen LogP contribution is -2.44. The molecule has 2 aliphatic rings. The van der Waals surface area contributed by atoms with Crippen molar-refractivity contribution >= 4 is 23.5 Å². The molecule has 1 saturated carbocycles. The maximum atomic E-state index is 5.60. The standard InChI is InChI=1S/C29H41NO4S2/c1-30(21-28(11-6-12-28)22-9-10-26(33-4)27(19-22)34-5)14-7-13-29(35-15-8-16-36-29)23-17-24(31-2)20-25(18-23)32-3/h9-10,17-20H,6-8,11-16,21H2,1-5H3. The predicted octanol–water partition coefficient (Wildman–Crippen LogP) is 6.58. The molecule has 0 unspecified atom stereocenters.